The summed E-state index contributed by atoms with van der Waals surface area (Å²) >= 11 is 3.04. The molecule has 0 aliphatic rings. The first-order chi connectivity index (χ1) is 7.69. The van der Waals surface area contributed by atoms with Crippen LogP contribution in [0.3, 0.4) is 0 Å². The molecule has 1 aromatic rings. The normalized spacial score (nSPS) is 13.0. The first kappa shape index (κ1) is 14.6. The number of hydrogen-bond acceptors (Lipinski definition) is 5. The third-order valence-corrected chi connectivity index (χ3v) is 4.72. The van der Waals surface area contributed by atoms with Crippen LogP contribution in [0.2, 0.25) is 0 Å². The zero-order chi connectivity index (χ0) is 13.3. The highest BCUT2D eigenvalue weighted by Gasteiger charge is 2.30. The SMILES string of the molecule is Cn1nnc(Br)c1S(=O)(=O)NC(C)(C)CCO. The maximum atomic E-state index is 12.1. The van der Waals surface area contributed by atoms with E-state index < -0.39 is 15.6 Å². The standard InChI is InChI=1S/C8H15BrN4O3S/c1-8(2,4-5-14)11-17(15,16)7-6(9)10-12-13(7)3/h11,14H,4-5H2,1-3H3. The van der Waals surface area contributed by atoms with Crippen molar-refractivity contribution in [3.8, 4) is 0 Å². The molecule has 0 aromatic carbocycles. The Hall–Kier alpha value is -0.510. The molecule has 9 heteroatoms. The molecule has 0 bridgehead atoms. The summed E-state index contributed by atoms with van der Waals surface area (Å²) in [5, 5.41) is 16.1. The molecule has 0 unspecified atom stereocenters. The maximum absolute atomic E-state index is 12.1. The summed E-state index contributed by atoms with van der Waals surface area (Å²) in [5.74, 6) is 0. The van der Waals surface area contributed by atoms with Crippen molar-refractivity contribution in [1.29, 1.82) is 0 Å². The number of aryl methyl sites for hydroxylation is 1. The molecule has 1 aromatic heterocycles. The highest BCUT2D eigenvalue weighted by molar-refractivity contribution is 9.10. The fourth-order valence-electron chi connectivity index (χ4n) is 1.35. The molecule has 0 aliphatic heterocycles. The summed E-state index contributed by atoms with van der Waals surface area (Å²) in [6.07, 6.45) is 0.315. The van der Waals surface area contributed by atoms with Gasteiger partial charge in [0.1, 0.15) is 0 Å². The summed E-state index contributed by atoms with van der Waals surface area (Å²) in [5.41, 5.74) is -0.739. The minimum Gasteiger partial charge on any atom is -0.396 e. The minimum atomic E-state index is -3.73. The van der Waals surface area contributed by atoms with E-state index in [1.54, 1.807) is 13.8 Å². The summed E-state index contributed by atoms with van der Waals surface area (Å²) in [4.78, 5) is 0. The van der Waals surface area contributed by atoms with E-state index in [0.29, 0.717) is 6.42 Å². The largest absolute Gasteiger partial charge is 0.396 e. The Labute approximate surface area is 108 Å². The van der Waals surface area contributed by atoms with Gasteiger partial charge in [0.2, 0.25) is 5.03 Å². The van der Waals surface area contributed by atoms with Gasteiger partial charge in [-0.1, -0.05) is 5.21 Å². The Morgan fingerprint density at radius 2 is 2.12 bits per heavy atom. The second-order valence-corrected chi connectivity index (χ2v) is 6.62. The van der Waals surface area contributed by atoms with Crippen LogP contribution in [0.15, 0.2) is 9.63 Å². The predicted octanol–water partition coefficient (Wildman–Crippen LogP) is 0.0169. The van der Waals surface area contributed by atoms with Crippen LogP contribution in [0.1, 0.15) is 20.3 Å². The second kappa shape index (κ2) is 5.01. The highest BCUT2D eigenvalue weighted by atomic mass is 79.9. The molecule has 1 rings (SSSR count). The molecule has 98 valence electrons. The summed E-state index contributed by atoms with van der Waals surface area (Å²) in [6.45, 7) is 3.29. The van der Waals surface area contributed by atoms with E-state index in [1.807, 2.05) is 0 Å². The van der Waals surface area contributed by atoms with E-state index in [4.69, 9.17) is 5.11 Å². The van der Waals surface area contributed by atoms with Crippen LogP contribution >= 0.6 is 15.9 Å². The van der Waals surface area contributed by atoms with Crippen molar-refractivity contribution in [2.45, 2.75) is 30.8 Å². The summed E-state index contributed by atoms with van der Waals surface area (Å²) in [7, 11) is -2.24. The van der Waals surface area contributed by atoms with Gasteiger partial charge in [-0.05, 0) is 36.2 Å². The van der Waals surface area contributed by atoms with Gasteiger partial charge in [-0.15, -0.1) is 5.10 Å². The van der Waals surface area contributed by atoms with Crippen LogP contribution in [0.25, 0.3) is 0 Å². The van der Waals surface area contributed by atoms with Gasteiger partial charge >= 0.3 is 0 Å². The van der Waals surface area contributed by atoms with E-state index in [9.17, 15) is 8.42 Å². The van der Waals surface area contributed by atoms with Gasteiger partial charge in [-0.25, -0.2) is 17.8 Å². The Kier molecular flexibility index (Phi) is 4.28. The van der Waals surface area contributed by atoms with Gasteiger partial charge in [0.15, 0.2) is 4.60 Å². The number of nitrogens with zero attached hydrogens (tertiary/aromatic N) is 3. The third-order valence-electron chi connectivity index (χ3n) is 2.14. The van der Waals surface area contributed by atoms with Gasteiger partial charge in [-0.3, -0.25) is 0 Å². The van der Waals surface area contributed by atoms with E-state index in [2.05, 4.69) is 31.0 Å². The van der Waals surface area contributed by atoms with E-state index in [1.165, 1.54) is 11.7 Å². The van der Waals surface area contributed by atoms with Crippen molar-refractivity contribution in [2.24, 2.45) is 7.05 Å². The maximum Gasteiger partial charge on any atom is 0.261 e. The molecule has 0 atom stereocenters. The summed E-state index contributed by atoms with van der Waals surface area (Å²) in [6, 6.07) is 0. The molecule has 0 fully saturated rings. The van der Waals surface area contributed by atoms with Crippen molar-refractivity contribution >= 4 is 26.0 Å². The Balaban J connectivity index is 3.06. The molecule has 0 radical (unpaired) electrons. The van der Waals surface area contributed by atoms with Gasteiger partial charge in [0.05, 0.1) is 0 Å². The third kappa shape index (κ3) is 3.47. The van der Waals surface area contributed by atoms with Crippen LogP contribution in [-0.2, 0) is 17.1 Å². The van der Waals surface area contributed by atoms with E-state index in [-0.39, 0.29) is 16.2 Å². The number of rotatable bonds is 5. The topological polar surface area (TPSA) is 97.1 Å². The zero-order valence-corrected chi connectivity index (χ0v) is 12.2. The quantitative estimate of drug-likeness (QED) is 0.794. The van der Waals surface area contributed by atoms with Crippen molar-refractivity contribution in [3.63, 3.8) is 0 Å². The lowest BCUT2D eigenvalue weighted by Gasteiger charge is -2.24. The van der Waals surface area contributed by atoms with Gasteiger partial charge in [-0.2, -0.15) is 0 Å². The highest BCUT2D eigenvalue weighted by Crippen LogP contribution is 2.20. The molecule has 0 saturated heterocycles. The van der Waals surface area contributed by atoms with Crippen molar-refractivity contribution in [1.82, 2.24) is 19.7 Å². The van der Waals surface area contributed by atoms with Crippen molar-refractivity contribution < 1.29 is 13.5 Å². The number of nitrogens with one attached hydrogen (secondary N) is 1. The van der Waals surface area contributed by atoms with E-state index in [0.717, 1.165) is 0 Å². The lowest BCUT2D eigenvalue weighted by molar-refractivity contribution is 0.245. The van der Waals surface area contributed by atoms with Gasteiger partial charge in [0, 0.05) is 19.2 Å². The average molecular weight is 327 g/mol. The van der Waals surface area contributed by atoms with Crippen LogP contribution in [-0.4, -0.2) is 40.7 Å². The van der Waals surface area contributed by atoms with Gasteiger partial charge in [0.25, 0.3) is 10.0 Å². The number of hydrogen-bond donors (Lipinski definition) is 2. The number of aliphatic hydroxyl groups excluding tert-OH is 1. The van der Waals surface area contributed by atoms with Crippen LogP contribution in [0.5, 0.6) is 0 Å². The Morgan fingerprint density at radius 3 is 2.53 bits per heavy atom. The molecule has 0 amide bonds. The Bertz CT molecular complexity index is 477. The molecule has 0 aliphatic carbocycles. The number of halogens is 1. The first-order valence-electron chi connectivity index (χ1n) is 4.89. The van der Waals surface area contributed by atoms with Crippen molar-refractivity contribution in [3.05, 3.63) is 4.60 Å². The molecule has 1 heterocycles. The zero-order valence-electron chi connectivity index (χ0n) is 9.81. The molecule has 7 nitrogen and oxygen atoms in total. The molecule has 2 N–H and O–H groups in total. The second-order valence-electron chi connectivity index (χ2n) is 4.27. The van der Waals surface area contributed by atoms with Gasteiger partial charge < -0.3 is 5.11 Å². The molecular weight excluding hydrogens is 312 g/mol. The first-order valence-corrected chi connectivity index (χ1v) is 7.17. The van der Waals surface area contributed by atoms with Crippen LogP contribution in [0, 0.1) is 0 Å². The van der Waals surface area contributed by atoms with Crippen LogP contribution in [0.4, 0.5) is 0 Å². The van der Waals surface area contributed by atoms with Crippen LogP contribution < -0.4 is 4.72 Å². The lowest BCUT2D eigenvalue weighted by Crippen LogP contribution is -2.44. The smallest absolute Gasteiger partial charge is 0.261 e. The minimum absolute atomic E-state index is 0.0384. The monoisotopic (exact) mass is 326 g/mol. The Morgan fingerprint density at radius 1 is 1.53 bits per heavy atom. The molecule has 0 saturated carbocycles. The van der Waals surface area contributed by atoms with Crippen molar-refractivity contribution in [2.75, 3.05) is 6.61 Å². The molecule has 0 spiro atoms. The number of sulfonamides is 1. The fraction of sp³-hybridized carbons (Fsp3) is 0.750. The predicted molar refractivity (Wildman–Crippen MR) is 64.8 cm³/mol. The van der Waals surface area contributed by atoms with E-state index >= 15 is 0 Å². The number of aromatic nitrogens is 3. The average Bonchev–Trinajstić information content (AvgIpc) is 2.43. The lowest BCUT2D eigenvalue weighted by atomic mass is 10.0. The summed E-state index contributed by atoms with van der Waals surface area (Å²) < 4.78 is 28.0. The number of aliphatic hydroxyl groups is 1. The fourth-order valence-corrected chi connectivity index (χ4v) is 3.89. The molecule has 17 heavy (non-hydrogen) atoms. The molecular formula is C8H15BrN4O3S.